The number of carboxylic acids is 1. The van der Waals surface area contributed by atoms with Crippen LogP contribution in [-0.2, 0) is 11.0 Å². The van der Waals surface area contributed by atoms with Crippen LogP contribution in [0.15, 0.2) is 18.2 Å². The summed E-state index contributed by atoms with van der Waals surface area (Å²) in [6.07, 6.45) is -4.81. The third kappa shape index (κ3) is 3.83. The van der Waals surface area contributed by atoms with Gasteiger partial charge in [0.05, 0.1) is 5.56 Å². The fourth-order valence-corrected chi connectivity index (χ4v) is 1.15. The zero-order chi connectivity index (χ0) is 13.1. The van der Waals surface area contributed by atoms with Gasteiger partial charge in [-0.15, -0.1) is 0 Å². The molecule has 0 unspecified atom stereocenters. The van der Waals surface area contributed by atoms with Crippen LogP contribution in [0.3, 0.4) is 0 Å². The van der Waals surface area contributed by atoms with Gasteiger partial charge in [-0.05, 0) is 24.6 Å². The van der Waals surface area contributed by atoms with Crippen LogP contribution in [0.5, 0.6) is 0 Å². The number of carboxylic acid groups (broad SMARTS) is 1. The predicted octanol–water partition coefficient (Wildman–Crippen LogP) is 2.84. The van der Waals surface area contributed by atoms with E-state index in [0.29, 0.717) is 5.56 Å². The second-order valence-electron chi connectivity index (χ2n) is 3.40. The lowest BCUT2D eigenvalue weighted by atomic mass is 10.0. The highest BCUT2D eigenvalue weighted by Crippen LogP contribution is 2.30. The summed E-state index contributed by atoms with van der Waals surface area (Å²) in [5, 5.41) is 8.36. The van der Waals surface area contributed by atoms with Gasteiger partial charge in [0, 0.05) is 5.56 Å². The Morgan fingerprint density at radius 1 is 1.41 bits per heavy atom. The Bertz CT molecular complexity index is 493. The van der Waals surface area contributed by atoms with Crippen molar-refractivity contribution in [1.29, 1.82) is 0 Å². The van der Waals surface area contributed by atoms with Crippen molar-refractivity contribution >= 4 is 5.97 Å². The quantitative estimate of drug-likeness (QED) is 0.769. The Morgan fingerprint density at radius 3 is 2.59 bits per heavy atom. The summed E-state index contributed by atoms with van der Waals surface area (Å²) in [5.41, 5.74) is -0.0142. The number of hydrogen-bond donors (Lipinski definition) is 1. The molecule has 0 aliphatic carbocycles. The van der Waals surface area contributed by atoms with E-state index in [1.807, 2.05) is 0 Å². The minimum atomic E-state index is -4.42. The summed E-state index contributed by atoms with van der Waals surface area (Å²) in [6.45, 7) is 1.62. The molecule has 0 aliphatic rings. The van der Waals surface area contributed by atoms with Crippen LogP contribution in [0.25, 0.3) is 0 Å². The molecule has 0 aliphatic heterocycles. The molecule has 0 amide bonds. The normalized spacial score (nSPS) is 10.6. The average Bonchev–Trinajstić information content (AvgIpc) is 2.18. The second kappa shape index (κ2) is 4.91. The molecule has 0 radical (unpaired) electrons. The van der Waals surface area contributed by atoms with Crippen molar-refractivity contribution in [3.05, 3.63) is 34.9 Å². The molecule has 1 aromatic carbocycles. The summed E-state index contributed by atoms with van der Waals surface area (Å²) < 4.78 is 37.2. The molecule has 90 valence electrons. The summed E-state index contributed by atoms with van der Waals surface area (Å²) in [6, 6.07) is 3.20. The maximum Gasteiger partial charge on any atom is 0.416 e. The van der Waals surface area contributed by atoms with Crippen molar-refractivity contribution in [2.75, 3.05) is 0 Å². The van der Waals surface area contributed by atoms with Crippen LogP contribution in [0.2, 0.25) is 0 Å². The smallest absolute Gasteiger partial charge is 0.416 e. The largest absolute Gasteiger partial charge is 0.481 e. The minimum absolute atomic E-state index is 0.195. The molecule has 2 nitrogen and oxygen atoms in total. The lowest BCUT2D eigenvalue weighted by Gasteiger charge is -2.07. The van der Waals surface area contributed by atoms with Crippen LogP contribution in [0.1, 0.15) is 23.1 Å². The Kier molecular flexibility index (Phi) is 3.79. The summed E-state index contributed by atoms with van der Waals surface area (Å²) in [5.74, 6) is 3.62. The Morgan fingerprint density at radius 2 is 2.06 bits per heavy atom. The summed E-state index contributed by atoms with van der Waals surface area (Å²) in [7, 11) is 0. The Balaban J connectivity index is 3.06. The van der Waals surface area contributed by atoms with Gasteiger partial charge in [0.25, 0.3) is 0 Å². The van der Waals surface area contributed by atoms with Crippen molar-refractivity contribution in [2.24, 2.45) is 0 Å². The van der Waals surface area contributed by atoms with E-state index in [4.69, 9.17) is 5.11 Å². The van der Waals surface area contributed by atoms with E-state index in [1.165, 1.54) is 6.07 Å². The van der Waals surface area contributed by atoms with Gasteiger partial charge < -0.3 is 5.11 Å². The summed E-state index contributed by atoms with van der Waals surface area (Å²) in [4.78, 5) is 10.2. The number of rotatable bonds is 1. The van der Waals surface area contributed by atoms with Gasteiger partial charge in [-0.1, -0.05) is 17.9 Å². The molecule has 0 aromatic heterocycles. The van der Waals surface area contributed by atoms with Crippen molar-refractivity contribution in [2.45, 2.75) is 19.5 Å². The highest BCUT2D eigenvalue weighted by molar-refractivity contribution is 5.70. The van der Waals surface area contributed by atoms with E-state index in [2.05, 4.69) is 11.8 Å². The Labute approximate surface area is 96.1 Å². The first kappa shape index (κ1) is 13.1. The van der Waals surface area contributed by atoms with E-state index in [-0.39, 0.29) is 5.56 Å². The molecule has 0 fully saturated rings. The number of aryl methyl sites for hydroxylation is 1. The van der Waals surface area contributed by atoms with Crippen LogP contribution in [-0.4, -0.2) is 11.1 Å². The fourth-order valence-electron chi connectivity index (χ4n) is 1.15. The fraction of sp³-hybridized carbons (Fsp3) is 0.250. The van der Waals surface area contributed by atoms with E-state index in [1.54, 1.807) is 6.92 Å². The average molecular weight is 242 g/mol. The van der Waals surface area contributed by atoms with Gasteiger partial charge in [0.2, 0.25) is 0 Å². The lowest BCUT2D eigenvalue weighted by Crippen LogP contribution is -2.05. The molecular weight excluding hydrogens is 233 g/mol. The van der Waals surface area contributed by atoms with Gasteiger partial charge in [-0.2, -0.15) is 13.2 Å². The van der Waals surface area contributed by atoms with Crippen molar-refractivity contribution in [3.8, 4) is 11.8 Å². The molecule has 5 heteroatoms. The maximum absolute atomic E-state index is 12.4. The monoisotopic (exact) mass is 242 g/mol. The number of hydrogen-bond acceptors (Lipinski definition) is 1. The first-order valence-corrected chi connectivity index (χ1v) is 4.69. The van der Waals surface area contributed by atoms with Crippen LogP contribution < -0.4 is 0 Å². The lowest BCUT2D eigenvalue weighted by molar-refractivity contribution is -0.138. The van der Waals surface area contributed by atoms with Crippen LogP contribution in [0, 0.1) is 18.8 Å². The minimum Gasteiger partial charge on any atom is -0.481 e. The van der Waals surface area contributed by atoms with Gasteiger partial charge in [0.15, 0.2) is 0 Å². The van der Waals surface area contributed by atoms with Gasteiger partial charge in [0.1, 0.15) is 6.42 Å². The molecular formula is C12H9F3O2. The van der Waals surface area contributed by atoms with Crippen LogP contribution in [0.4, 0.5) is 13.2 Å². The van der Waals surface area contributed by atoms with E-state index in [0.717, 1.165) is 12.1 Å². The van der Waals surface area contributed by atoms with Gasteiger partial charge in [-0.3, -0.25) is 4.79 Å². The molecule has 0 saturated carbocycles. The Hall–Kier alpha value is -1.96. The maximum atomic E-state index is 12.4. The van der Waals surface area contributed by atoms with Gasteiger partial charge in [-0.25, -0.2) is 0 Å². The number of benzene rings is 1. The number of aliphatic carboxylic acids is 1. The van der Waals surface area contributed by atoms with Gasteiger partial charge >= 0.3 is 12.1 Å². The number of carbonyl (C=O) groups is 1. The molecule has 1 aromatic rings. The molecule has 17 heavy (non-hydrogen) atoms. The van der Waals surface area contributed by atoms with Crippen molar-refractivity contribution in [1.82, 2.24) is 0 Å². The number of alkyl halides is 3. The SMILES string of the molecule is Cc1ccc(C(F)(F)F)cc1C#CCC(=O)O. The highest BCUT2D eigenvalue weighted by Gasteiger charge is 2.30. The molecule has 0 bridgehead atoms. The molecule has 0 spiro atoms. The van der Waals surface area contributed by atoms with Crippen LogP contribution >= 0.6 is 0 Å². The zero-order valence-electron chi connectivity index (χ0n) is 8.93. The first-order chi connectivity index (χ1) is 7.80. The molecule has 0 saturated heterocycles. The molecule has 0 atom stereocenters. The first-order valence-electron chi connectivity index (χ1n) is 4.69. The molecule has 1 rings (SSSR count). The molecule has 1 N–H and O–H groups in total. The molecule has 0 heterocycles. The summed E-state index contributed by atoms with van der Waals surface area (Å²) >= 11 is 0. The van der Waals surface area contributed by atoms with E-state index in [9.17, 15) is 18.0 Å². The number of halogens is 3. The predicted molar refractivity (Wildman–Crippen MR) is 55.3 cm³/mol. The highest BCUT2D eigenvalue weighted by atomic mass is 19.4. The van der Waals surface area contributed by atoms with E-state index >= 15 is 0 Å². The third-order valence-electron chi connectivity index (χ3n) is 2.03. The van der Waals surface area contributed by atoms with E-state index < -0.39 is 24.1 Å². The topological polar surface area (TPSA) is 37.3 Å². The van der Waals surface area contributed by atoms with Crippen molar-refractivity contribution in [3.63, 3.8) is 0 Å². The zero-order valence-corrected chi connectivity index (χ0v) is 8.93. The standard InChI is InChI=1S/C12H9F3O2/c1-8-5-6-10(12(13,14)15)7-9(8)3-2-4-11(16)17/h5-7H,4H2,1H3,(H,16,17). The second-order valence-corrected chi connectivity index (χ2v) is 3.40. The van der Waals surface area contributed by atoms with Crippen molar-refractivity contribution < 1.29 is 23.1 Å². The third-order valence-corrected chi connectivity index (χ3v) is 2.03.